The highest BCUT2D eigenvalue weighted by Gasteiger charge is 2.41. The van der Waals surface area contributed by atoms with Crippen molar-refractivity contribution < 1.29 is 22.6 Å². The summed E-state index contributed by atoms with van der Waals surface area (Å²) in [6.07, 6.45) is 7.91. The van der Waals surface area contributed by atoms with E-state index in [-0.39, 0.29) is 56.1 Å². The Kier molecular flexibility index (Phi) is 12.1. The summed E-state index contributed by atoms with van der Waals surface area (Å²) in [5.41, 5.74) is 4.14. The van der Waals surface area contributed by atoms with Gasteiger partial charge in [-0.25, -0.2) is 18.0 Å². The van der Waals surface area contributed by atoms with Gasteiger partial charge in [-0.1, -0.05) is 62.5 Å². The number of aryl methyl sites for hydroxylation is 1. The second kappa shape index (κ2) is 15.5. The molecule has 264 valence electrons. The summed E-state index contributed by atoms with van der Waals surface area (Å²) >= 11 is 1.33. The number of amides is 2. The molecular weight excluding hydrogens is 715 g/mol. The van der Waals surface area contributed by atoms with Crippen LogP contribution >= 0.6 is 39.7 Å². The number of H-pyrrole nitrogens is 1. The van der Waals surface area contributed by atoms with Crippen LogP contribution < -0.4 is 10.2 Å². The van der Waals surface area contributed by atoms with Crippen molar-refractivity contribution in [2.24, 2.45) is 5.92 Å². The minimum Gasteiger partial charge on any atom is -0.341 e. The maximum Gasteiger partial charge on any atom is 0.285 e. The van der Waals surface area contributed by atoms with Crippen molar-refractivity contribution in [1.82, 2.24) is 29.9 Å². The monoisotopic (exact) mass is 762 g/mol. The maximum atomic E-state index is 14.2. The van der Waals surface area contributed by atoms with Crippen LogP contribution in [0.1, 0.15) is 85.2 Å². The van der Waals surface area contributed by atoms with Crippen molar-refractivity contribution >= 4 is 93.5 Å². The van der Waals surface area contributed by atoms with Crippen molar-refractivity contribution in [3.8, 4) is 0 Å². The van der Waals surface area contributed by atoms with Gasteiger partial charge in [-0.15, -0.1) is 27.7 Å². The third kappa shape index (κ3) is 8.83. The number of hydrogen-bond acceptors (Lipinski definition) is 9. The third-order valence-electron chi connectivity index (χ3n) is 10.1. The number of sulfone groups is 1. The van der Waals surface area contributed by atoms with E-state index in [2.05, 4.69) is 62.5 Å². The predicted octanol–water partition coefficient (Wildman–Crippen LogP) is 2.07. The van der Waals surface area contributed by atoms with Gasteiger partial charge in [0, 0.05) is 29.7 Å². The molecule has 7 atom stereocenters. The molecule has 1 aliphatic heterocycles. The molecule has 1 saturated heterocycles. The Morgan fingerprint density at radius 1 is 1.24 bits per heavy atom. The summed E-state index contributed by atoms with van der Waals surface area (Å²) < 4.78 is 32.5. The van der Waals surface area contributed by atoms with Gasteiger partial charge in [0.15, 0.2) is 15.5 Å². The van der Waals surface area contributed by atoms with Gasteiger partial charge in [0.1, 0.15) is 27.2 Å². The molecule has 2 fully saturated rings. The quantitative estimate of drug-likeness (QED) is 0.122. The van der Waals surface area contributed by atoms with E-state index in [1.165, 1.54) is 11.9 Å². The van der Waals surface area contributed by atoms with Crippen LogP contribution in [0.5, 0.6) is 0 Å². The van der Waals surface area contributed by atoms with Crippen LogP contribution in [-0.4, -0.2) is 102 Å². The summed E-state index contributed by atoms with van der Waals surface area (Å²) in [7, 11) is 9.71. The number of nitrogens with one attached hydrogen (secondary N) is 2. The first-order chi connectivity index (χ1) is 23.1. The maximum absolute atomic E-state index is 14.2. The minimum absolute atomic E-state index is 0.0372. The Morgan fingerprint density at radius 3 is 2.59 bits per heavy atom. The molecule has 2 N–H and O–H groups in total. The lowest BCUT2D eigenvalue weighted by molar-refractivity contribution is -0.130. The normalized spacial score (nSPS) is 26.0. The van der Waals surface area contributed by atoms with E-state index in [0.29, 0.717) is 25.2 Å². The Bertz CT molecular complexity index is 1830. The lowest BCUT2D eigenvalue weighted by Gasteiger charge is -2.37. The number of hydrogen-bond donors (Lipinski definition) is 2. The molecule has 3 aromatic rings. The molecule has 1 saturated carbocycles. The molecule has 2 aliphatic rings. The standard InChI is InChI=1S/C31H47B2N6O5P3S2/c1-4-20-25(37-44-36-20)28(40)38-48-26(17-10-12-31(33,47)13-11-17)27-34-21-9-8-18(23(32)24(21)35-27)19(7-6-14-49(42,43)5-2)29(41)39-15-22(45)30(3,46)16-39/h6-9,17,19,22,26H,4-5,10-16,32-33,45-47H2,1-3H3,(H,34,35)(H,38,40). The lowest BCUT2D eigenvalue weighted by atomic mass is 9.70. The number of carbonyl (C=O) groups excluding carboxylic acids is 2. The number of likely N-dealkylation sites (tertiary alicyclic amines) is 1. The van der Waals surface area contributed by atoms with Crippen molar-refractivity contribution in [2.45, 2.75) is 79.9 Å². The van der Waals surface area contributed by atoms with Gasteiger partial charge in [0.05, 0.1) is 28.0 Å². The highest BCUT2D eigenvalue weighted by molar-refractivity contribution is 7.98. The topological polar surface area (TPSA) is 151 Å². The first kappa shape index (κ1) is 38.5. The van der Waals surface area contributed by atoms with Crippen molar-refractivity contribution in [1.29, 1.82) is 0 Å². The van der Waals surface area contributed by atoms with E-state index in [9.17, 15) is 18.0 Å². The van der Waals surface area contributed by atoms with Crippen LogP contribution in [0.3, 0.4) is 0 Å². The fourth-order valence-electron chi connectivity index (χ4n) is 6.65. The van der Waals surface area contributed by atoms with Crippen molar-refractivity contribution in [3.05, 3.63) is 47.1 Å². The smallest absolute Gasteiger partial charge is 0.285 e. The van der Waals surface area contributed by atoms with E-state index in [1.54, 1.807) is 19.1 Å². The second-order valence-electron chi connectivity index (χ2n) is 14.1. The first-order valence-corrected chi connectivity index (χ1v) is 21.3. The average Bonchev–Trinajstić information content (AvgIpc) is 3.77. The number of carbonyl (C=O) groups is 2. The largest absolute Gasteiger partial charge is 0.341 e. The Hall–Kier alpha value is -1.77. The van der Waals surface area contributed by atoms with Gasteiger partial charge in [-0.2, -0.15) is 0 Å². The van der Waals surface area contributed by atoms with Gasteiger partial charge in [0.2, 0.25) is 5.91 Å². The molecule has 0 radical (unpaired) electrons. The van der Waals surface area contributed by atoms with Gasteiger partial charge in [-0.3, -0.25) is 14.3 Å². The molecule has 49 heavy (non-hydrogen) atoms. The molecule has 0 bridgehead atoms. The molecule has 18 heteroatoms. The van der Waals surface area contributed by atoms with Crippen LogP contribution in [0.25, 0.3) is 11.0 Å². The highest BCUT2D eigenvalue weighted by Crippen LogP contribution is 2.46. The zero-order valence-electron chi connectivity index (χ0n) is 28.9. The fourth-order valence-corrected chi connectivity index (χ4v) is 9.33. The number of aromatic amines is 1. The summed E-state index contributed by atoms with van der Waals surface area (Å²) in [4.78, 5) is 37.9. The number of imidazole rings is 1. The van der Waals surface area contributed by atoms with E-state index >= 15 is 0 Å². The number of nitrogens with zero attached hydrogens (tertiary/aromatic N) is 4. The van der Waals surface area contributed by atoms with Gasteiger partial charge in [-0.05, 0) is 59.0 Å². The molecule has 1 aromatic carbocycles. The van der Waals surface area contributed by atoms with E-state index in [4.69, 9.17) is 9.61 Å². The minimum atomic E-state index is -3.25. The van der Waals surface area contributed by atoms with Crippen molar-refractivity contribution in [3.63, 3.8) is 0 Å². The van der Waals surface area contributed by atoms with E-state index in [0.717, 1.165) is 53.6 Å². The Balaban J connectivity index is 1.49. The summed E-state index contributed by atoms with van der Waals surface area (Å²) in [5, 5.41) is 7.57. The zero-order valence-corrected chi connectivity index (χ0v) is 34.0. The number of aromatic nitrogens is 4. The fraction of sp³-hybridized carbons (Fsp3) is 0.581. The molecule has 1 aliphatic carbocycles. The molecule has 2 aromatic heterocycles. The zero-order chi connectivity index (χ0) is 35.7. The van der Waals surface area contributed by atoms with Gasteiger partial charge >= 0.3 is 0 Å². The average molecular weight is 762 g/mol. The molecule has 2 amide bonds. The molecular formula is C31H47B2N6O5P3S2. The molecule has 11 nitrogen and oxygen atoms in total. The van der Waals surface area contributed by atoms with Crippen LogP contribution in [0.2, 0.25) is 0 Å². The summed E-state index contributed by atoms with van der Waals surface area (Å²) in [5.74, 6) is -0.161. The summed E-state index contributed by atoms with van der Waals surface area (Å²) in [6.45, 7) is 6.82. The van der Waals surface area contributed by atoms with Gasteiger partial charge in [0.25, 0.3) is 5.91 Å². The molecule has 0 spiro atoms. The second-order valence-corrected chi connectivity index (χ2v) is 21.0. The number of fused-ring (bicyclic) bond motifs is 1. The summed E-state index contributed by atoms with van der Waals surface area (Å²) in [6, 6.07) is 3.89. The van der Waals surface area contributed by atoms with E-state index < -0.39 is 15.8 Å². The van der Waals surface area contributed by atoms with Crippen LogP contribution in [0, 0.1) is 5.92 Å². The van der Waals surface area contributed by atoms with E-state index in [1.807, 2.05) is 31.8 Å². The lowest BCUT2D eigenvalue weighted by Crippen LogP contribution is -2.36. The first-order valence-electron chi connectivity index (χ1n) is 16.8. The van der Waals surface area contributed by atoms with Crippen molar-refractivity contribution in [2.75, 3.05) is 24.6 Å². The molecule has 7 unspecified atom stereocenters. The van der Waals surface area contributed by atoms with Crippen LogP contribution in [-0.2, 0) is 21.1 Å². The highest BCUT2D eigenvalue weighted by atomic mass is 32.2. The SMILES string of the molecule is Bc1c(C(C=CCS(=O)(=O)CC)C(=O)N2CC(P)C(C)(P)C2)ccc2[nH]c(C(SNC(=O)c3nonc3CC)C3CCC(B)(P)CC3)nc12. The number of rotatable bonds is 12. The Morgan fingerprint density at radius 2 is 1.96 bits per heavy atom. The van der Waals surface area contributed by atoms with Gasteiger partial charge < -0.3 is 9.88 Å². The number of benzene rings is 1. The molecule has 3 heterocycles. The van der Waals surface area contributed by atoms with Crippen LogP contribution in [0.4, 0.5) is 0 Å². The van der Waals surface area contributed by atoms with Crippen LogP contribution in [0.15, 0.2) is 28.9 Å². The Labute approximate surface area is 302 Å². The molecule has 5 rings (SSSR count). The predicted molar refractivity (Wildman–Crippen MR) is 213 cm³/mol. The third-order valence-corrected chi connectivity index (χ3v) is 15.3.